The molecule has 0 aromatic heterocycles. The van der Waals surface area contributed by atoms with Crippen molar-refractivity contribution >= 4 is 5.69 Å². The van der Waals surface area contributed by atoms with E-state index in [0.29, 0.717) is 11.4 Å². The Morgan fingerprint density at radius 3 is 2.77 bits per heavy atom. The molecule has 1 aliphatic heterocycles. The zero-order valence-electron chi connectivity index (χ0n) is 13.1. The summed E-state index contributed by atoms with van der Waals surface area (Å²) in [6.45, 7) is 9.19. The molecule has 22 heavy (non-hydrogen) atoms. The highest BCUT2D eigenvalue weighted by Crippen LogP contribution is 2.27. The van der Waals surface area contributed by atoms with E-state index in [1.54, 1.807) is 0 Å². The van der Waals surface area contributed by atoms with Crippen LogP contribution in [0.3, 0.4) is 0 Å². The zero-order valence-corrected chi connectivity index (χ0v) is 13.1. The van der Waals surface area contributed by atoms with Gasteiger partial charge < -0.3 is 10.6 Å². The van der Waals surface area contributed by atoms with Gasteiger partial charge in [-0.15, -0.1) is 0 Å². The fraction of sp³-hybridized carbons (Fsp3) is 0.333. The van der Waals surface area contributed by atoms with E-state index in [-0.39, 0.29) is 0 Å². The monoisotopic (exact) mass is 304 g/mol. The largest absolute Gasteiger partial charge is 0.390 e. The Balaban J connectivity index is 2.24. The molecular formula is C18H22F2N2. The Kier molecular flexibility index (Phi) is 5.36. The molecule has 0 radical (unpaired) electrons. The van der Waals surface area contributed by atoms with Crippen LogP contribution in [0.25, 0.3) is 0 Å². The van der Waals surface area contributed by atoms with Gasteiger partial charge in [0.1, 0.15) is 0 Å². The molecule has 2 nitrogen and oxygen atoms in total. The summed E-state index contributed by atoms with van der Waals surface area (Å²) in [5.41, 5.74) is 4.72. The first-order chi connectivity index (χ1) is 10.5. The lowest BCUT2D eigenvalue weighted by Gasteiger charge is -2.20. The number of allylic oxidation sites excluding steroid dienone is 2. The third-order valence-electron chi connectivity index (χ3n) is 3.95. The van der Waals surface area contributed by atoms with Crippen molar-refractivity contribution in [2.75, 3.05) is 11.9 Å². The minimum Gasteiger partial charge on any atom is -0.390 e. The molecule has 0 saturated heterocycles. The van der Waals surface area contributed by atoms with Gasteiger partial charge in [0.05, 0.1) is 0 Å². The maximum absolute atomic E-state index is 13.3. The van der Waals surface area contributed by atoms with Crippen LogP contribution in [-0.2, 0) is 0 Å². The third-order valence-corrected chi connectivity index (χ3v) is 3.95. The molecule has 1 aromatic carbocycles. The van der Waals surface area contributed by atoms with Gasteiger partial charge in [-0.2, -0.15) is 0 Å². The summed E-state index contributed by atoms with van der Waals surface area (Å²) < 4.78 is 26.3. The van der Waals surface area contributed by atoms with Crippen molar-refractivity contribution in [2.24, 2.45) is 0 Å². The van der Waals surface area contributed by atoms with Gasteiger partial charge in [0, 0.05) is 35.8 Å². The van der Waals surface area contributed by atoms with Crippen molar-refractivity contribution in [1.29, 1.82) is 0 Å². The summed E-state index contributed by atoms with van der Waals surface area (Å²) in [5.74, 6) is -1.73. The van der Waals surface area contributed by atoms with Crippen LogP contribution in [0.15, 0.2) is 53.4 Å². The molecule has 0 aliphatic carbocycles. The fourth-order valence-corrected chi connectivity index (χ4v) is 2.64. The molecule has 0 unspecified atom stereocenters. The average molecular weight is 304 g/mol. The molecule has 1 aromatic rings. The highest BCUT2D eigenvalue weighted by molar-refractivity contribution is 5.57. The SMILES string of the molecule is C=C(Nc1ccc(F)c(F)c1)C1=CNCCCC(CC)=C1C. The standard InChI is InChI=1S/C18H22F2N2/c1-4-14-6-5-9-21-11-16(12(14)2)13(3)22-15-7-8-17(19)18(20)10-15/h7-8,10-11,21-22H,3-6,9H2,1-2H3. The van der Waals surface area contributed by atoms with Gasteiger partial charge in [-0.25, -0.2) is 8.78 Å². The smallest absolute Gasteiger partial charge is 0.160 e. The molecule has 118 valence electrons. The molecule has 0 bridgehead atoms. The quantitative estimate of drug-likeness (QED) is 0.828. The average Bonchev–Trinajstić information content (AvgIpc) is 2.47. The first-order valence-corrected chi connectivity index (χ1v) is 7.56. The number of rotatable bonds is 4. The van der Waals surface area contributed by atoms with Crippen LogP contribution >= 0.6 is 0 Å². The van der Waals surface area contributed by atoms with Crippen molar-refractivity contribution in [1.82, 2.24) is 5.32 Å². The maximum atomic E-state index is 13.3. The second-order valence-electron chi connectivity index (χ2n) is 5.43. The summed E-state index contributed by atoms with van der Waals surface area (Å²) in [7, 11) is 0. The zero-order chi connectivity index (χ0) is 16.1. The van der Waals surface area contributed by atoms with Crippen molar-refractivity contribution in [3.05, 3.63) is 65.0 Å². The Bertz CT molecular complexity index is 630. The van der Waals surface area contributed by atoms with Crippen molar-refractivity contribution in [2.45, 2.75) is 33.1 Å². The van der Waals surface area contributed by atoms with E-state index in [4.69, 9.17) is 0 Å². The number of anilines is 1. The predicted octanol–water partition coefficient (Wildman–Crippen LogP) is 4.88. The maximum Gasteiger partial charge on any atom is 0.160 e. The summed E-state index contributed by atoms with van der Waals surface area (Å²) in [5, 5.41) is 6.33. The minimum atomic E-state index is -0.871. The lowest BCUT2D eigenvalue weighted by atomic mass is 9.94. The third kappa shape index (κ3) is 3.75. The van der Waals surface area contributed by atoms with Crippen molar-refractivity contribution in [3.63, 3.8) is 0 Å². The van der Waals surface area contributed by atoms with E-state index in [0.717, 1.165) is 43.5 Å². The second kappa shape index (κ2) is 7.25. The van der Waals surface area contributed by atoms with Crippen LogP contribution in [0.5, 0.6) is 0 Å². The number of nitrogens with one attached hydrogen (secondary N) is 2. The van der Waals surface area contributed by atoms with Crippen LogP contribution < -0.4 is 10.6 Å². The van der Waals surface area contributed by atoms with Crippen LogP contribution in [0, 0.1) is 11.6 Å². The summed E-state index contributed by atoms with van der Waals surface area (Å²) in [6.07, 6.45) is 5.11. The number of hydrogen-bond donors (Lipinski definition) is 2. The molecule has 0 fully saturated rings. The predicted molar refractivity (Wildman–Crippen MR) is 87.4 cm³/mol. The summed E-state index contributed by atoms with van der Waals surface area (Å²) >= 11 is 0. The molecular weight excluding hydrogens is 282 g/mol. The molecule has 0 atom stereocenters. The molecule has 0 amide bonds. The Labute approximate surface area is 130 Å². The topological polar surface area (TPSA) is 24.1 Å². The van der Waals surface area contributed by atoms with Crippen LogP contribution in [0.2, 0.25) is 0 Å². The molecule has 4 heteroatoms. The van der Waals surface area contributed by atoms with Gasteiger partial charge in [0.15, 0.2) is 11.6 Å². The van der Waals surface area contributed by atoms with E-state index < -0.39 is 11.6 Å². The van der Waals surface area contributed by atoms with Crippen molar-refractivity contribution < 1.29 is 8.78 Å². The van der Waals surface area contributed by atoms with E-state index in [1.165, 1.54) is 17.2 Å². The van der Waals surface area contributed by atoms with Crippen molar-refractivity contribution in [3.8, 4) is 0 Å². The van der Waals surface area contributed by atoms with Crippen LogP contribution in [-0.4, -0.2) is 6.54 Å². The minimum absolute atomic E-state index is 0.484. The first-order valence-electron chi connectivity index (χ1n) is 7.56. The molecule has 1 aliphatic rings. The Hall–Kier alpha value is -2.10. The molecule has 0 spiro atoms. The lowest BCUT2D eigenvalue weighted by Crippen LogP contribution is -2.15. The summed E-state index contributed by atoms with van der Waals surface area (Å²) in [4.78, 5) is 0. The molecule has 2 rings (SSSR count). The Morgan fingerprint density at radius 2 is 2.09 bits per heavy atom. The van der Waals surface area contributed by atoms with Gasteiger partial charge in [0.2, 0.25) is 0 Å². The highest BCUT2D eigenvalue weighted by atomic mass is 19.2. The molecule has 1 heterocycles. The van der Waals surface area contributed by atoms with E-state index >= 15 is 0 Å². The summed E-state index contributed by atoms with van der Waals surface area (Å²) in [6, 6.07) is 3.74. The number of hydrogen-bond acceptors (Lipinski definition) is 2. The fourth-order valence-electron chi connectivity index (χ4n) is 2.64. The first kappa shape index (κ1) is 16.3. The van der Waals surface area contributed by atoms with E-state index in [2.05, 4.69) is 31.1 Å². The molecule has 2 N–H and O–H groups in total. The van der Waals surface area contributed by atoms with E-state index in [1.807, 2.05) is 6.20 Å². The number of benzene rings is 1. The molecule has 0 saturated carbocycles. The van der Waals surface area contributed by atoms with Gasteiger partial charge in [-0.3, -0.25) is 0 Å². The number of halogens is 2. The van der Waals surface area contributed by atoms with Crippen LogP contribution in [0.1, 0.15) is 33.1 Å². The van der Waals surface area contributed by atoms with Gasteiger partial charge in [-0.05, 0) is 43.9 Å². The van der Waals surface area contributed by atoms with Gasteiger partial charge >= 0.3 is 0 Å². The highest BCUT2D eigenvalue weighted by Gasteiger charge is 2.13. The second-order valence-corrected chi connectivity index (χ2v) is 5.43. The normalized spacial score (nSPS) is 15.5. The lowest BCUT2D eigenvalue weighted by molar-refractivity contribution is 0.509. The Morgan fingerprint density at radius 1 is 1.32 bits per heavy atom. The van der Waals surface area contributed by atoms with Gasteiger partial charge in [0.25, 0.3) is 0 Å². The van der Waals surface area contributed by atoms with Gasteiger partial charge in [-0.1, -0.05) is 19.1 Å². The van der Waals surface area contributed by atoms with E-state index in [9.17, 15) is 8.78 Å². The van der Waals surface area contributed by atoms with Crippen LogP contribution in [0.4, 0.5) is 14.5 Å².